The van der Waals surface area contributed by atoms with Crippen molar-refractivity contribution < 1.29 is 19.0 Å². The number of amidine groups is 1. The molecular weight excluding hydrogens is 444 g/mol. The molecule has 180 valence electrons. The molecule has 8 heteroatoms. The van der Waals surface area contributed by atoms with Gasteiger partial charge in [0.05, 0.1) is 19.8 Å². The van der Waals surface area contributed by atoms with Gasteiger partial charge >= 0.3 is 6.03 Å². The van der Waals surface area contributed by atoms with Crippen LogP contribution in [0, 0.1) is 0 Å². The Hall–Kier alpha value is -4.20. The summed E-state index contributed by atoms with van der Waals surface area (Å²) in [6.07, 6.45) is 0. The molecule has 5 rings (SSSR count). The van der Waals surface area contributed by atoms with Crippen LogP contribution in [0.3, 0.4) is 0 Å². The summed E-state index contributed by atoms with van der Waals surface area (Å²) in [6, 6.07) is 20.7. The molecule has 0 bridgehead atoms. The molecule has 1 N–H and O–H groups in total. The van der Waals surface area contributed by atoms with Crippen LogP contribution in [0.2, 0.25) is 0 Å². The zero-order valence-electron chi connectivity index (χ0n) is 20.0. The van der Waals surface area contributed by atoms with E-state index in [1.165, 1.54) is 0 Å². The highest BCUT2D eigenvalue weighted by atomic mass is 16.5. The number of aliphatic imine (C=N–C) groups is 1. The predicted octanol–water partition coefficient (Wildman–Crippen LogP) is 5.13. The fourth-order valence-electron chi connectivity index (χ4n) is 4.39. The van der Waals surface area contributed by atoms with Gasteiger partial charge in [-0.25, -0.2) is 9.79 Å². The lowest BCUT2D eigenvalue weighted by Crippen LogP contribution is -2.56. The maximum Gasteiger partial charge on any atom is 0.322 e. The number of urea groups is 1. The lowest BCUT2D eigenvalue weighted by molar-refractivity contribution is 0.145. The van der Waals surface area contributed by atoms with Crippen LogP contribution in [-0.2, 0) is 0 Å². The summed E-state index contributed by atoms with van der Waals surface area (Å²) in [5.41, 5.74) is 2.36. The second-order valence-corrected chi connectivity index (χ2v) is 8.51. The Morgan fingerprint density at radius 2 is 1.71 bits per heavy atom. The van der Waals surface area contributed by atoms with Gasteiger partial charge in [0.1, 0.15) is 28.8 Å². The Bertz CT molecular complexity index is 1260. The van der Waals surface area contributed by atoms with E-state index < -0.39 is 0 Å². The van der Waals surface area contributed by atoms with E-state index in [4.69, 9.17) is 19.2 Å². The summed E-state index contributed by atoms with van der Waals surface area (Å²) < 4.78 is 16.9. The highest BCUT2D eigenvalue weighted by Gasteiger charge is 2.32. The molecule has 0 spiro atoms. The van der Waals surface area contributed by atoms with E-state index in [0.717, 1.165) is 40.0 Å². The van der Waals surface area contributed by atoms with Gasteiger partial charge in [-0.2, -0.15) is 0 Å². The Morgan fingerprint density at radius 1 is 0.971 bits per heavy atom. The van der Waals surface area contributed by atoms with Crippen molar-refractivity contribution in [3.8, 4) is 23.0 Å². The summed E-state index contributed by atoms with van der Waals surface area (Å²) in [6.45, 7) is 3.88. The van der Waals surface area contributed by atoms with Gasteiger partial charge in [-0.15, -0.1) is 0 Å². The van der Waals surface area contributed by atoms with Gasteiger partial charge in [0.15, 0.2) is 5.75 Å². The number of carbonyl (C=O) groups is 1. The minimum atomic E-state index is -0.124. The largest absolute Gasteiger partial charge is 0.497 e. The number of methoxy groups -OCH3 is 2. The number of hydrogen-bond donors (Lipinski definition) is 1. The first kappa shape index (κ1) is 22.6. The maximum absolute atomic E-state index is 13.0. The molecule has 0 radical (unpaired) electrons. The minimum Gasteiger partial charge on any atom is -0.497 e. The molecule has 0 aromatic heterocycles. The van der Waals surface area contributed by atoms with Crippen molar-refractivity contribution in [2.75, 3.05) is 39.2 Å². The van der Waals surface area contributed by atoms with Crippen molar-refractivity contribution >= 4 is 23.2 Å². The number of fused-ring (bicyclic) bond motifs is 2. The number of rotatable bonds is 3. The van der Waals surface area contributed by atoms with Crippen LogP contribution in [0.4, 0.5) is 16.2 Å². The average molecular weight is 473 g/mol. The van der Waals surface area contributed by atoms with Crippen molar-refractivity contribution in [3.05, 3.63) is 72.3 Å². The molecule has 3 aromatic carbocycles. The normalized spacial score (nSPS) is 16.8. The van der Waals surface area contributed by atoms with E-state index in [0.29, 0.717) is 25.4 Å². The molecule has 2 aliphatic heterocycles. The number of hydrogen-bond acceptors (Lipinski definition) is 6. The molecule has 2 aliphatic rings. The highest BCUT2D eigenvalue weighted by Crippen LogP contribution is 2.39. The van der Waals surface area contributed by atoms with E-state index in [1.807, 2.05) is 78.6 Å². The lowest BCUT2D eigenvalue weighted by atomic mass is 10.1. The first-order valence-corrected chi connectivity index (χ1v) is 11.6. The SMILES string of the molecule is COc1ccc(NC(=O)N2CCN(C3=Nc4ccccc4Oc4ccc(OC)cc43)CC2C)cc1. The molecule has 1 unspecified atom stereocenters. The highest BCUT2D eigenvalue weighted by molar-refractivity contribution is 6.04. The average Bonchev–Trinajstić information content (AvgIpc) is 3.05. The predicted molar refractivity (Wildman–Crippen MR) is 135 cm³/mol. The van der Waals surface area contributed by atoms with Crippen molar-refractivity contribution in [2.45, 2.75) is 13.0 Å². The van der Waals surface area contributed by atoms with E-state index in [1.54, 1.807) is 14.2 Å². The molecule has 1 fully saturated rings. The van der Waals surface area contributed by atoms with Gasteiger partial charge in [-0.1, -0.05) is 12.1 Å². The molecule has 0 saturated carbocycles. The van der Waals surface area contributed by atoms with Crippen LogP contribution in [0.1, 0.15) is 12.5 Å². The standard InChI is InChI=1S/C27H28N4O4/c1-18-17-30(14-15-31(18)27(32)28-19-8-10-20(33-2)11-9-19)26-22-16-21(34-3)12-13-24(22)35-25-7-5-4-6-23(25)29-26/h4-13,16,18H,14-15,17H2,1-3H3,(H,28,32). The third kappa shape index (κ3) is 4.59. The van der Waals surface area contributed by atoms with Gasteiger partial charge < -0.3 is 29.3 Å². The number of anilines is 1. The van der Waals surface area contributed by atoms with Crippen molar-refractivity contribution in [1.82, 2.24) is 9.80 Å². The van der Waals surface area contributed by atoms with Crippen molar-refractivity contribution in [3.63, 3.8) is 0 Å². The molecule has 3 aromatic rings. The Kier molecular flexibility index (Phi) is 6.18. The number of piperazine rings is 1. The molecule has 1 saturated heterocycles. The van der Waals surface area contributed by atoms with Crippen LogP contribution in [0.25, 0.3) is 0 Å². The first-order chi connectivity index (χ1) is 17.1. The van der Waals surface area contributed by atoms with Crippen LogP contribution in [-0.4, -0.2) is 61.6 Å². The fourth-order valence-corrected chi connectivity index (χ4v) is 4.39. The van der Waals surface area contributed by atoms with Crippen LogP contribution >= 0.6 is 0 Å². The molecule has 2 heterocycles. The zero-order valence-corrected chi connectivity index (χ0v) is 20.0. The lowest BCUT2D eigenvalue weighted by Gasteiger charge is -2.41. The van der Waals surface area contributed by atoms with Crippen LogP contribution < -0.4 is 19.5 Å². The third-order valence-corrected chi connectivity index (χ3v) is 6.27. The number of carbonyl (C=O) groups excluding carboxylic acids is 1. The number of nitrogens with zero attached hydrogens (tertiary/aromatic N) is 3. The first-order valence-electron chi connectivity index (χ1n) is 11.6. The number of ether oxygens (including phenoxy) is 3. The maximum atomic E-state index is 13.0. The van der Waals surface area contributed by atoms with Gasteiger partial charge in [-0.05, 0) is 61.5 Å². The van der Waals surface area contributed by atoms with Gasteiger partial charge in [0.25, 0.3) is 0 Å². The Morgan fingerprint density at radius 3 is 2.46 bits per heavy atom. The quantitative estimate of drug-likeness (QED) is 0.572. The summed E-state index contributed by atoms with van der Waals surface area (Å²) in [5.74, 6) is 3.72. The van der Waals surface area contributed by atoms with Gasteiger partial charge in [0.2, 0.25) is 0 Å². The topological polar surface area (TPSA) is 75.6 Å². The summed E-state index contributed by atoms with van der Waals surface area (Å²) in [4.78, 5) is 22.1. The molecule has 1 atom stereocenters. The fraction of sp³-hybridized carbons (Fsp3) is 0.259. The van der Waals surface area contributed by atoms with E-state index >= 15 is 0 Å². The van der Waals surface area contributed by atoms with Crippen LogP contribution in [0.5, 0.6) is 23.0 Å². The number of benzene rings is 3. The Labute approximate surface area is 204 Å². The molecule has 35 heavy (non-hydrogen) atoms. The monoisotopic (exact) mass is 472 g/mol. The van der Waals surface area contributed by atoms with E-state index in [9.17, 15) is 4.79 Å². The zero-order chi connectivity index (χ0) is 24.4. The van der Waals surface area contributed by atoms with Crippen molar-refractivity contribution in [2.24, 2.45) is 4.99 Å². The molecule has 2 amide bonds. The van der Waals surface area contributed by atoms with E-state index in [2.05, 4.69) is 10.2 Å². The summed E-state index contributed by atoms with van der Waals surface area (Å²) in [7, 11) is 3.26. The minimum absolute atomic E-state index is 0.0295. The Balaban J connectivity index is 1.38. The van der Waals surface area contributed by atoms with Crippen molar-refractivity contribution in [1.29, 1.82) is 0 Å². The number of amides is 2. The summed E-state index contributed by atoms with van der Waals surface area (Å²) in [5, 5.41) is 2.99. The number of nitrogens with one attached hydrogen (secondary N) is 1. The van der Waals surface area contributed by atoms with Gasteiger partial charge in [0, 0.05) is 31.4 Å². The molecule has 0 aliphatic carbocycles. The van der Waals surface area contributed by atoms with Crippen LogP contribution in [0.15, 0.2) is 71.7 Å². The second kappa shape index (κ2) is 9.58. The second-order valence-electron chi connectivity index (χ2n) is 8.51. The molecule has 8 nitrogen and oxygen atoms in total. The number of para-hydroxylation sites is 2. The molecular formula is C27H28N4O4. The third-order valence-electron chi connectivity index (χ3n) is 6.27. The van der Waals surface area contributed by atoms with Gasteiger partial charge in [-0.3, -0.25) is 0 Å². The summed E-state index contributed by atoms with van der Waals surface area (Å²) >= 11 is 0. The van der Waals surface area contributed by atoms with E-state index in [-0.39, 0.29) is 12.1 Å². The smallest absolute Gasteiger partial charge is 0.322 e.